The van der Waals surface area contributed by atoms with Crippen LogP contribution in [-0.4, -0.2) is 23.9 Å². The van der Waals surface area contributed by atoms with Crippen molar-refractivity contribution in [1.82, 2.24) is 0 Å². The molecule has 2 aliphatic rings. The molecule has 0 saturated carbocycles. The highest BCUT2D eigenvalue weighted by Gasteiger charge is 2.33. The number of fused-ring (bicyclic) bond motifs is 5. The van der Waals surface area contributed by atoms with Gasteiger partial charge in [0, 0.05) is 0 Å². The number of hydrogen-bond acceptors (Lipinski definition) is 6. The Kier molecular flexibility index (Phi) is 3.50. The van der Waals surface area contributed by atoms with Crippen LogP contribution in [0.3, 0.4) is 0 Å². The van der Waals surface area contributed by atoms with Crippen molar-refractivity contribution in [3.05, 3.63) is 57.6 Å². The minimum atomic E-state index is -0.939. The fourth-order valence-electron chi connectivity index (χ4n) is 3.44. The third-order valence-electron chi connectivity index (χ3n) is 4.79. The van der Waals surface area contributed by atoms with Crippen molar-refractivity contribution < 1.29 is 28.7 Å². The van der Waals surface area contributed by atoms with E-state index in [1.165, 1.54) is 12.1 Å². The van der Waals surface area contributed by atoms with Crippen molar-refractivity contribution in [3.63, 3.8) is 0 Å². The lowest BCUT2D eigenvalue weighted by Crippen LogP contribution is -2.23. The van der Waals surface area contributed by atoms with Crippen LogP contribution in [0.25, 0.3) is 11.1 Å². The van der Waals surface area contributed by atoms with E-state index in [-0.39, 0.29) is 22.3 Å². The summed E-state index contributed by atoms with van der Waals surface area (Å²) in [6.07, 6.45) is 1.18. The van der Waals surface area contributed by atoms with E-state index in [2.05, 4.69) is 0 Å². The standard InChI is InChI=1S/C20H14O6/c1-3-9-5-13-15-7-11(9)12-8-16(20(24)26-19(15)23)14(6-10(12)4-2)18(22)25-17(13)21/h5-8H,3-4H2,1-2H3. The summed E-state index contributed by atoms with van der Waals surface area (Å²) in [7, 11) is 0. The van der Waals surface area contributed by atoms with Crippen molar-refractivity contribution >= 4 is 23.9 Å². The van der Waals surface area contributed by atoms with E-state index in [0.29, 0.717) is 12.8 Å². The van der Waals surface area contributed by atoms with E-state index in [9.17, 15) is 19.2 Å². The molecule has 2 aromatic rings. The number of hydrogen-bond donors (Lipinski definition) is 0. The molecule has 0 spiro atoms. The molecule has 0 saturated heterocycles. The fraction of sp³-hybridized carbons (Fsp3) is 0.200. The Morgan fingerprint density at radius 3 is 1.15 bits per heavy atom. The highest BCUT2D eigenvalue weighted by molar-refractivity contribution is 6.17. The van der Waals surface area contributed by atoms with E-state index < -0.39 is 23.9 Å². The van der Waals surface area contributed by atoms with Gasteiger partial charge in [-0.15, -0.1) is 0 Å². The van der Waals surface area contributed by atoms with Crippen LogP contribution >= 0.6 is 0 Å². The number of esters is 4. The van der Waals surface area contributed by atoms with Crippen LogP contribution in [0, 0.1) is 0 Å². The first-order valence-corrected chi connectivity index (χ1v) is 8.31. The van der Waals surface area contributed by atoms with E-state index in [1.54, 1.807) is 12.1 Å². The topological polar surface area (TPSA) is 86.7 Å². The summed E-state index contributed by atoms with van der Waals surface area (Å²) in [6.45, 7) is 3.84. The lowest BCUT2D eigenvalue weighted by atomic mass is 9.88. The average molecular weight is 350 g/mol. The molecule has 26 heavy (non-hydrogen) atoms. The van der Waals surface area contributed by atoms with E-state index >= 15 is 0 Å². The second-order valence-electron chi connectivity index (χ2n) is 6.17. The van der Waals surface area contributed by atoms with Gasteiger partial charge in [-0.3, -0.25) is 0 Å². The van der Waals surface area contributed by atoms with Gasteiger partial charge >= 0.3 is 23.9 Å². The number of rotatable bonds is 2. The Balaban J connectivity index is 2.25. The van der Waals surface area contributed by atoms with Crippen LogP contribution in [0.1, 0.15) is 66.4 Å². The van der Waals surface area contributed by atoms with Crippen LogP contribution in [0.5, 0.6) is 0 Å². The molecule has 0 radical (unpaired) electrons. The number of carbonyl (C=O) groups is 4. The zero-order valence-corrected chi connectivity index (χ0v) is 14.2. The molecule has 6 nitrogen and oxygen atoms in total. The molecule has 0 aliphatic carbocycles. The molecule has 0 aromatic heterocycles. The molecule has 2 aromatic carbocycles. The number of cyclic esters (lactones) is 2. The predicted molar refractivity (Wildman–Crippen MR) is 90.1 cm³/mol. The van der Waals surface area contributed by atoms with Gasteiger partial charge in [0.2, 0.25) is 0 Å². The van der Waals surface area contributed by atoms with Crippen molar-refractivity contribution in [2.75, 3.05) is 0 Å². The van der Waals surface area contributed by atoms with Crippen LogP contribution < -0.4 is 0 Å². The van der Waals surface area contributed by atoms with Gasteiger partial charge in [0.15, 0.2) is 0 Å². The van der Waals surface area contributed by atoms with Gasteiger partial charge in [0.1, 0.15) is 0 Å². The van der Waals surface area contributed by atoms with Gasteiger partial charge < -0.3 is 9.47 Å². The maximum absolute atomic E-state index is 12.5. The van der Waals surface area contributed by atoms with Crippen LogP contribution in [0.15, 0.2) is 24.3 Å². The smallest absolute Gasteiger partial charge is 0.346 e. The van der Waals surface area contributed by atoms with E-state index in [1.807, 2.05) is 13.8 Å². The molecule has 4 rings (SSSR count). The molecule has 0 N–H and O–H groups in total. The highest BCUT2D eigenvalue weighted by Crippen LogP contribution is 2.36. The summed E-state index contributed by atoms with van der Waals surface area (Å²) < 4.78 is 9.87. The van der Waals surface area contributed by atoms with Gasteiger partial charge in [-0.05, 0) is 59.4 Å². The molecular weight excluding hydrogens is 336 g/mol. The van der Waals surface area contributed by atoms with Crippen LogP contribution in [0.4, 0.5) is 0 Å². The first-order chi connectivity index (χ1) is 12.4. The summed E-state index contributed by atoms with van der Waals surface area (Å²) >= 11 is 0. The molecule has 0 amide bonds. The third-order valence-corrected chi connectivity index (χ3v) is 4.79. The summed E-state index contributed by atoms with van der Waals surface area (Å²) in [5.41, 5.74) is 2.76. The predicted octanol–water partition coefficient (Wildman–Crippen LogP) is 3.10. The first kappa shape index (κ1) is 16.2. The zero-order chi connectivity index (χ0) is 18.6. The summed E-state index contributed by atoms with van der Waals surface area (Å²) in [6, 6.07) is 6.16. The summed E-state index contributed by atoms with van der Waals surface area (Å²) in [5.74, 6) is -3.75. The van der Waals surface area contributed by atoms with Crippen molar-refractivity contribution in [1.29, 1.82) is 0 Å². The van der Waals surface area contributed by atoms with Crippen LogP contribution in [-0.2, 0) is 22.3 Å². The van der Waals surface area contributed by atoms with Crippen molar-refractivity contribution in [3.8, 4) is 11.1 Å². The minimum absolute atomic E-state index is 0.0826. The molecule has 6 heteroatoms. The lowest BCUT2D eigenvalue weighted by Gasteiger charge is -2.14. The maximum Gasteiger partial charge on any atom is 0.346 e. The quantitative estimate of drug-likeness (QED) is 0.611. The average Bonchev–Trinajstić information content (AvgIpc) is 2.66. The Morgan fingerprint density at radius 2 is 0.846 bits per heavy atom. The van der Waals surface area contributed by atoms with Gasteiger partial charge in [0.05, 0.1) is 22.3 Å². The highest BCUT2D eigenvalue weighted by atomic mass is 16.6. The molecule has 0 atom stereocenters. The Morgan fingerprint density at radius 1 is 0.538 bits per heavy atom. The van der Waals surface area contributed by atoms with Gasteiger partial charge in [-0.1, -0.05) is 13.8 Å². The third kappa shape index (κ3) is 2.19. The van der Waals surface area contributed by atoms with Crippen LogP contribution in [0.2, 0.25) is 0 Å². The second-order valence-corrected chi connectivity index (χ2v) is 6.17. The Hall–Kier alpha value is -3.28. The monoisotopic (exact) mass is 350 g/mol. The number of ether oxygens (including phenoxy) is 2. The SMILES string of the molecule is CCc1cc2c3cc1-c1cc(c(cc1CC)C(=O)OC2=O)C(=O)OC3=O. The van der Waals surface area contributed by atoms with Gasteiger partial charge in [-0.2, -0.15) is 0 Å². The van der Waals surface area contributed by atoms with Gasteiger partial charge in [0.25, 0.3) is 0 Å². The number of aryl methyl sites for hydroxylation is 2. The Labute approximate surface area is 148 Å². The zero-order valence-electron chi connectivity index (χ0n) is 14.2. The molecule has 2 heterocycles. The molecule has 0 unspecified atom stereocenters. The molecular formula is C20H14O6. The minimum Gasteiger partial charge on any atom is -0.386 e. The molecule has 0 fully saturated rings. The lowest BCUT2D eigenvalue weighted by molar-refractivity contribution is 0.0334. The normalized spacial score (nSPS) is 15.0. The molecule has 2 aliphatic heterocycles. The first-order valence-electron chi connectivity index (χ1n) is 8.31. The van der Waals surface area contributed by atoms with Gasteiger partial charge in [-0.25, -0.2) is 19.2 Å². The number of carbonyl (C=O) groups excluding carboxylic acids is 4. The maximum atomic E-state index is 12.5. The number of benzene rings is 2. The molecule has 130 valence electrons. The molecule has 4 bridgehead atoms. The summed E-state index contributed by atoms with van der Waals surface area (Å²) in [5, 5.41) is 0. The second kappa shape index (κ2) is 5.62. The largest absolute Gasteiger partial charge is 0.386 e. The van der Waals surface area contributed by atoms with E-state index in [0.717, 1.165) is 22.3 Å². The van der Waals surface area contributed by atoms with Crippen molar-refractivity contribution in [2.24, 2.45) is 0 Å². The summed E-state index contributed by atoms with van der Waals surface area (Å²) in [4.78, 5) is 49.9. The Bertz CT molecular complexity index is 950. The fourth-order valence-corrected chi connectivity index (χ4v) is 3.44. The van der Waals surface area contributed by atoms with E-state index in [4.69, 9.17) is 9.47 Å². The van der Waals surface area contributed by atoms with Crippen molar-refractivity contribution in [2.45, 2.75) is 26.7 Å².